The number of nitrogens with zero attached hydrogens (tertiary/aromatic N) is 1. The first-order chi connectivity index (χ1) is 4.09. The molecule has 0 aromatic carbocycles. The number of carbonyl (C=O) groups is 1. The summed E-state index contributed by atoms with van der Waals surface area (Å²) >= 11 is 0. The van der Waals surface area contributed by atoms with Crippen molar-refractivity contribution in [3.05, 3.63) is 0 Å². The smallest absolute Gasteiger partial charge is 0.411 e. The van der Waals surface area contributed by atoms with Crippen LogP contribution in [0, 0.1) is 0 Å². The summed E-state index contributed by atoms with van der Waals surface area (Å²) in [6, 6.07) is 0. The molecule has 0 aliphatic rings. The predicted octanol–water partition coefficient (Wildman–Crippen LogP) is -1.11. The van der Waals surface area contributed by atoms with Crippen LogP contribution in [0.2, 0.25) is 0 Å². The fourth-order valence-electron chi connectivity index (χ4n) is 0.266. The number of amides is 1. The zero-order valence-corrected chi connectivity index (χ0v) is 5.50. The highest BCUT2D eigenvalue weighted by Gasteiger charge is 2.10. The van der Waals surface area contributed by atoms with Crippen LogP contribution < -0.4 is 11.5 Å². The summed E-state index contributed by atoms with van der Waals surface area (Å²) in [5.41, 5.74) is 10.2. The van der Waals surface area contributed by atoms with Crippen LogP contribution in [-0.2, 0) is 4.74 Å². The van der Waals surface area contributed by atoms with E-state index in [9.17, 15) is 4.79 Å². The molecule has 0 saturated heterocycles. The molecule has 4 N–H and O–H groups in total. The molecule has 0 aromatic heterocycles. The molecule has 0 atom stereocenters. The van der Waals surface area contributed by atoms with Crippen molar-refractivity contribution in [2.45, 2.75) is 6.29 Å². The van der Waals surface area contributed by atoms with Crippen LogP contribution in [0.3, 0.4) is 0 Å². The third-order valence-corrected chi connectivity index (χ3v) is 0.910. The van der Waals surface area contributed by atoms with Gasteiger partial charge in [-0.25, -0.2) is 4.79 Å². The molecular formula is C4H11N3O2. The highest BCUT2D eigenvalue weighted by atomic mass is 16.5. The first-order valence-electron chi connectivity index (χ1n) is 2.41. The summed E-state index contributed by atoms with van der Waals surface area (Å²) in [5, 5.41) is 0. The first-order valence-corrected chi connectivity index (χ1v) is 2.41. The van der Waals surface area contributed by atoms with Crippen LogP contribution in [0.15, 0.2) is 0 Å². The average Bonchev–Trinajstić information content (AvgIpc) is 1.84. The minimum absolute atomic E-state index is 0.537. The monoisotopic (exact) mass is 133 g/mol. The molecule has 0 radical (unpaired) electrons. The first kappa shape index (κ1) is 8.19. The zero-order chi connectivity index (χ0) is 7.44. The number of ether oxygens (including phenoxy) is 1. The minimum Gasteiger partial charge on any atom is -0.453 e. The Balaban J connectivity index is 3.72. The Kier molecular flexibility index (Phi) is 2.97. The number of nitrogens with two attached hydrogens (primary N) is 2. The summed E-state index contributed by atoms with van der Waals surface area (Å²) in [7, 11) is 2.72. The van der Waals surface area contributed by atoms with E-state index in [0.717, 1.165) is 4.90 Å². The third kappa shape index (κ3) is 2.29. The molecule has 1 amide bonds. The molecule has 5 nitrogen and oxygen atoms in total. The van der Waals surface area contributed by atoms with E-state index in [0.29, 0.717) is 0 Å². The Morgan fingerprint density at radius 1 is 1.67 bits per heavy atom. The van der Waals surface area contributed by atoms with Crippen molar-refractivity contribution in [1.82, 2.24) is 4.90 Å². The number of hydrogen-bond acceptors (Lipinski definition) is 4. The molecule has 54 valence electrons. The van der Waals surface area contributed by atoms with Crippen molar-refractivity contribution in [2.24, 2.45) is 11.5 Å². The Morgan fingerprint density at radius 2 is 2.11 bits per heavy atom. The van der Waals surface area contributed by atoms with Gasteiger partial charge < -0.3 is 4.74 Å². The van der Waals surface area contributed by atoms with Crippen LogP contribution >= 0.6 is 0 Å². The van der Waals surface area contributed by atoms with Crippen molar-refractivity contribution in [3.8, 4) is 0 Å². The van der Waals surface area contributed by atoms with E-state index in [2.05, 4.69) is 4.74 Å². The number of methoxy groups -OCH3 is 1. The van der Waals surface area contributed by atoms with Gasteiger partial charge in [0.1, 0.15) is 6.29 Å². The molecule has 0 aliphatic carbocycles. The van der Waals surface area contributed by atoms with Crippen LogP contribution in [0.1, 0.15) is 0 Å². The van der Waals surface area contributed by atoms with Gasteiger partial charge in [0.2, 0.25) is 0 Å². The number of hydrogen-bond donors (Lipinski definition) is 2. The highest BCUT2D eigenvalue weighted by Crippen LogP contribution is 1.85. The van der Waals surface area contributed by atoms with Crippen molar-refractivity contribution < 1.29 is 9.53 Å². The lowest BCUT2D eigenvalue weighted by Gasteiger charge is -2.18. The van der Waals surface area contributed by atoms with Gasteiger partial charge in [-0.3, -0.25) is 16.4 Å². The van der Waals surface area contributed by atoms with E-state index in [1.54, 1.807) is 0 Å². The van der Waals surface area contributed by atoms with Crippen molar-refractivity contribution in [1.29, 1.82) is 0 Å². The summed E-state index contributed by atoms with van der Waals surface area (Å²) < 4.78 is 4.30. The Labute approximate surface area is 53.5 Å². The molecule has 0 rings (SSSR count). The maximum absolute atomic E-state index is 10.5. The van der Waals surface area contributed by atoms with E-state index < -0.39 is 12.4 Å². The minimum atomic E-state index is -0.794. The van der Waals surface area contributed by atoms with Gasteiger partial charge in [-0.2, -0.15) is 0 Å². The van der Waals surface area contributed by atoms with Crippen LogP contribution in [-0.4, -0.2) is 31.4 Å². The molecule has 0 bridgehead atoms. The molecule has 0 heterocycles. The zero-order valence-electron chi connectivity index (χ0n) is 5.50. The van der Waals surface area contributed by atoms with Gasteiger partial charge in [-0.15, -0.1) is 0 Å². The van der Waals surface area contributed by atoms with Gasteiger partial charge in [0.05, 0.1) is 7.11 Å². The Morgan fingerprint density at radius 3 is 2.22 bits per heavy atom. The van der Waals surface area contributed by atoms with Crippen LogP contribution in [0.4, 0.5) is 4.79 Å². The summed E-state index contributed by atoms with van der Waals surface area (Å²) in [5.74, 6) is 0. The highest BCUT2D eigenvalue weighted by molar-refractivity contribution is 5.67. The molecular weight excluding hydrogens is 122 g/mol. The van der Waals surface area contributed by atoms with Gasteiger partial charge in [0, 0.05) is 7.05 Å². The maximum Gasteiger partial charge on any atom is 0.411 e. The molecule has 0 saturated carbocycles. The van der Waals surface area contributed by atoms with Gasteiger partial charge >= 0.3 is 6.09 Å². The lowest BCUT2D eigenvalue weighted by molar-refractivity contribution is 0.119. The average molecular weight is 133 g/mol. The molecule has 0 aromatic rings. The Hall–Kier alpha value is -0.810. The summed E-state index contributed by atoms with van der Waals surface area (Å²) in [6.07, 6.45) is -1.33. The van der Waals surface area contributed by atoms with E-state index in [4.69, 9.17) is 11.5 Å². The van der Waals surface area contributed by atoms with Crippen molar-refractivity contribution in [2.75, 3.05) is 14.2 Å². The quantitative estimate of drug-likeness (QED) is 0.444. The fraction of sp³-hybridized carbons (Fsp3) is 0.750. The van der Waals surface area contributed by atoms with Gasteiger partial charge in [-0.05, 0) is 0 Å². The maximum atomic E-state index is 10.5. The summed E-state index contributed by atoms with van der Waals surface area (Å²) in [4.78, 5) is 11.6. The topological polar surface area (TPSA) is 81.6 Å². The standard InChI is InChI=1S/C4H11N3O2/c1-7(3(5)6)4(8)9-2/h3H,5-6H2,1-2H3. The van der Waals surface area contributed by atoms with Gasteiger partial charge in [0.15, 0.2) is 0 Å². The van der Waals surface area contributed by atoms with E-state index >= 15 is 0 Å². The fourth-order valence-corrected chi connectivity index (χ4v) is 0.266. The molecule has 0 aliphatic heterocycles. The van der Waals surface area contributed by atoms with Crippen molar-refractivity contribution >= 4 is 6.09 Å². The molecule has 0 spiro atoms. The lowest BCUT2D eigenvalue weighted by Crippen LogP contribution is -2.49. The molecule has 0 fully saturated rings. The third-order valence-electron chi connectivity index (χ3n) is 0.910. The second kappa shape index (κ2) is 3.26. The molecule has 0 unspecified atom stereocenters. The molecule has 9 heavy (non-hydrogen) atoms. The lowest BCUT2D eigenvalue weighted by atomic mass is 10.7. The van der Waals surface area contributed by atoms with Crippen LogP contribution in [0.25, 0.3) is 0 Å². The largest absolute Gasteiger partial charge is 0.453 e. The van der Waals surface area contributed by atoms with Crippen molar-refractivity contribution in [3.63, 3.8) is 0 Å². The normalized spacial score (nSPS) is 9.44. The van der Waals surface area contributed by atoms with E-state index in [-0.39, 0.29) is 0 Å². The second-order valence-corrected chi connectivity index (χ2v) is 1.57. The number of carbonyl (C=O) groups excluding carboxylic acids is 1. The van der Waals surface area contributed by atoms with Gasteiger partial charge in [-0.1, -0.05) is 0 Å². The van der Waals surface area contributed by atoms with Crippen LogP contribution in [0.5, 0.6) is 0 Å². The van der Waals surface area contributed by atoms with Gasteiger partial charge in [0.25, 0.3) is 0 Å². The predicted molar refractivity (Wildman–Crippen MR) is 32.3 cm³/mol. The summed E-state index contributed by atoms with van der Waals surface area (Å²) in [6.45, 7) is 0. The molecule has 5 heteroatoms. The van der Waals surface area contributed by atoms with E-state index in [1.165, 1.54) is 14.2 Å². The Bertz CT molecular complexity index is 104. The SMILES string of the molecule is COC(=O)N(C)C(N)N. The number of rotatable bonds is 1. The second-order valence-electron chi connectivity index (χ2n) is 1.57. The van der Waals surface area contributed by atoms with E-state index in [1.807, 2.05) is 0 Å².